The lowest BCUT2D eigenvalue weighted by atomic mass is 10.1. The molecule has 74 valence electrons. The van der Waals surface area contributed by atoms with Gasteiger partial charge in [0, 0.05) is 31.0 Å². The number of hydrogen-bond acceptors (Lipinski definition) is 4. The number of hydrogen-bond donors (Lipinski definition) is 0. The number of hydrazone groups is 1. The Morgan fingerprint density at radius 3 is 2.69 bits per heavy atom. The van der Waals surface area contributed by atoms with Crippen molar-refractivity contribution in [2.24, 2.45) is 5.10 Å². The minimum Gasteiger partial charge on any atom is -0.296 e. The third kappa shape index (κ3) is 1.70. The van der Waals surface area contributed by atoms with Crippen LogP contribution in [0.1, 0.15) is 19.8 Å². The largest absolute Gasteiger partial charge is 0.296 e. The first-order valence-corrected chi connectivity index (χ1v) is 5.67. The van der Waals surface area contributed by atoms with Gasteiger partial charge >= 0.3 is 0 Å². The minimum absolute atomic E-state index is 0.623. The van der Waals surface area contributed by atoms with Gasteiger partial charge in [0.05, 0.1) is 6.04 Å². The second-order valence-electron chi connectivity index (χ2n) is 3.95. The van der Waals surface area contributed by atoms with Crippen LogP contribution >= 0.6 is 11.9 Å². The molecule has 0 aromatic heterocycles. The lowest BCUT2D eigenvalue weighted by Crippen LogP contribution is -2.32. The lowest BCUT2D eigenvalue weighted by Gasteiger charge is -2.24. The molecule has 0 radical (unpaired) electrons. The predicted molar refractivity (Wildman–Crippen MR) is 57.9 cm³/mol. The van der Waals surface area contributed by atoms with Crippen LogP contribution < -0.4 is 0 Å². The summed E-state index contributed by atoms with van der Waals surface area (Å²) in [6.07, 6.45) is 4.45. The number of rotatable bonds is 1. The van der Waals surface area contributed by atoms with Crippen molar-refractivity contribution in [2.45, 2.75) is 37.1 Å². The second-order valence-corrected chi connectivity index (χ2v) is 5.34. The van der Waals surface area contributed by atoms with E-state index in [2.05, 4.69) is 35.4 Å². The Hall–Kier alpha value is -0.220. The topological polar surface area (TPSA) is 18.8 Å². The fourth-order valence-corrected chi connectivity index (χ4v) is 3.50. The van der Waals surface area contributed by atoms with Crippen LogP contribution in [0.4, 0.5) is 0 Å². The fraction of sp³-hybridized carbons (Fsp3) is 0.889. The smallest absolute Gasteiger partial charge is 0.0649 e. The summed E-state index contributed by atoms with van der Waals surface area (Å²) in [6.45, 7) is 2.29. The Kier molecular flexibility index (Phi) is 2.51. The molecule has 0 spiro atoms. The summed E-state index contributed by atoms with van der Waals surface area (Å²) in [5.41, 5.74) is 0. The van der Waals surface area contributed by atoms with Crippen LogP contribution in [0.5, 0.6) is 0 Å². The molecule has 1 fully saturated rings. The minimum atomic E-state index is 0.623. The van der Waals surface area contributed by atoms with Crippen molar-refractivity contribution in [1.29, 1.82) is 0 Å². The highest BCUT2D eigenvalue weighted by Gasteiger charge is 2.36. The van der Waals surface area contributed by atoms with Crippen LogP contribution in [0.2, 0.25) is 0 Å². The van der Waals surface area contributed by atoms with Crippen LogP contribution in [0.15, 0.2) is 5.10 Å². The summed E-state index contributed by atoms with van der Waals surface area (Å²) >= 11 is 1.99. The van der Waals surface area contributed by atoms with Gasteiger partial charge in [0.2, 0.25) is 0 Å². The van der Waals surface area contributed by atoms with E-state index < -0.39 is 0 Å². The summed E-state index contributed by atoms with van der Waals surface area (Å²) in [7, 11) is 4.27. The van der Waals surface area contributed by atoms with E-state index in [1.807, 2.05) is 18.2 Å². The molecule has 0 saturated carbocycles. The van der Waals surface area contributed by atoms with Crippen molar-refractivity contribution in [3.63, 3.8) is 0 Å². The van der Waals surface area contributed by atoms with E-state index in [1.54, 1.807) is 0 Å². The maximum absolute atomic E-state index is 4.29. The highest BCUT2D eigenvalue weighted by molar-refractivity contribution is 7.97. The summed E-state index contributed by atoms with van der Waals surface area (Å²) in [5.74, 6) is 0. The molecule has 13 heavy (non-hydrogen) atoms. The molecule has 3 unspecified atom stereocenters. The van der Waals surface area contributed by atoms with E-state index in [-0.39, 0.29) is 0 Å². The molecule has 2 heterocycles. The molecule has 2 aliphatic heterocycles. The fourth-order valence-electron chi connectivity index (χ4n) is 1.99. The normalized spacial score (nSPS) is 40.5. The van der Waals surface area contributed by atoms with Gasteiger partial charge in [0.15, 0.2) is 0 Å². The molecule has 0 N–H and O–H groups in total. The molecule has 2 rings (SSSR count). The van der Waals surface area contributed by atoms with E-state index in [4.69, 9.17) is 0 Å². The maximum Gasteiger partial charge on any atom is 0.0649 e. The van der Waals surface area contributed by atoms with Gasteiger partial charge in [-0.05, 0) is 20.4 Å². The second kappa shape index (κ2) is 3.50. The molecule has 4 heteroatoms. The van der Waals surface area contributed by atoms with Crippen molar-refractivity contribution in [3.8, 4) is 0 Å². The van der Waals surface area contributed by atoms with Crippen LogP contribution in [-0.4, -0.2) is 47.0 Å². The Morgan fingerprint density at radius 1 is 1.46 bits per heavy atom. The van der Waals surface area contributed by atoms with Gasteiger partial charge in [-0.3, -0.25) is 9.31 Å². The van der Waals surface area contributed by atoms with Crippen molar-refractivity contribution >= 4 is 18.2 Å². The summed E-state index contributed by atoms with van der Waals surface area (Å²) in [5, 5.41) is 7.13. The number of nitrogens with zero attached hydrogens (tertiary/aromatic N) is 3. The highest BCUT2D eigenvalue weighted by atomic mass is 32.2. The predicted octanol–water partition coefficient (Wildman–Crippen LogP) is 1.42. The standard InChI is InChI=1S/C9H17N3S/c1-7-6-9(13-12(7)3)8-4-5-10-11(8)2/h5,7-9H,4,6H2,1-3H3. The van der Waals surface area contributed by atoms with Gasteiger partial charge in [-0.2, -0.15) is 5.10 Å². The summed E-state index contributed by atoms with van der Waals surface area (Å²) < 4.78 is 2.37. The molecule has 1 saturated heterocycles. The van der Waals surface area contributed by atoms with Gasteiger partial charge in [-0.25, -0.2) is 0 Å². The zero-order chi connectivity index (χ0) is 9.42. The van der Waals surface area contributed by atoms with E-state index in [0.717, 1.165) is 11.7 Å². The third-order valence-corrected chi connectivity index (χ3v) is 4.49. The molecule has 0 amide bonds. The van der Waals surface area contributed by atoms with E-state index in [9.17, 15) is 0 Å². The molecule has 0 aromatic rings. The van der Waals surface area contributed by atoms with E-state index in [0.29, 0.717) is 12.1 Å². The molecule has 0 aromatic carbocycles. The average molecular weight is 199 g/mol. The van der Waals surface area contributed by atoms with Gasteiger partial charge < -0.3 is 0 Å². The van der Waals surface area contributed by atoms with Crippen molar-refractivity contribution < 1.29 is 0 Å². The van der Waals surface area contributed by atoms with Gasteiger partial charge in [0.1, 0.15) is 0 Å². The van der Waals surface area contributed by atoms with Crippen LogP contribution in [-0.2, 0) is 0 Å². The molecule has 3 nitrogen and oxygen atoms in total. The SMILES string of the molecule is CC1CC(C2CC=NN2C)SN1C. The summed E-state index contributed by atoms with van der Waals surface area (Å²) in [4.78, 5) is 0. The van der Waals surface area contributed by atoms with Crippen molar-refractivity contribution in [2.75, 3.05) is 14.1 Å². The molecule has 0 aliphatic carbocycles. The molecule has 3 atom stereocenters. The van der Waals surface area contributed by atoms with Gasteiger partial charge in [-0.1, -0.05) is 11.9 Å². The molecule has 2 aliphatic rings. The van der Waals surface area contributed by atoms with Crippen molar-refractivity contribution in [3.05, 3.63) is 0 Å². The van der Waals surface area contributed by atoms with Crippen LogP contribution in [0, 0.1) is 0 Å². The van der Waals surface area contributed by atoms with Crippen LogP contribution in [0.3, 0.4) is 0 Å². The van der Waals surface area contributed by atoms with E-state index in [1.165, 1.54) is 6.42 Å². The van der Waals surface area contributed by atoms with Gasteiger partial charge in [-0.15, -0.1) is 0 Å². The zero-order valence-corrected chi connectivity index (χ0v) is 9.29. The monoisotopic (exact) mass is 199 g/mol. The first kappa shape index (κ1) is 9.34. The maximum atomic E-state index is 4.29. The summed E-state index contributed by atoms with van der Waals surface area (Å²) in [6, 6.07) is 1.33. The Labute approximate surface area is 84.3 Å². The Balaban J connectivity index is 1.96. The third-order valence-electron chi connectivity index (χ3n) is 3.02. The lowest BCUT2D eigenvalue weighted by molar-refractivity contribution is 0.271. The average Bonchev–Trinajstić information content (AvgIpc) is 2.60. The highest BCUT2D eigenvalue weighted by Crippen LogP contribution is 2.37. The molecular formula is C9H17N3S. The molecular weight excluding hydrogens is 182 g/mol. The van der Waals surface area contributed by atoms with E-state index >= 15 is 0 Å². The van der Waals surface area contributed by atoms with Crippen LogP contribution in [0.25, 0.3) is 0 Å². The van der Waals surface area contributed by atoms with Crippen molar-refractivity contribution in [1.82, 2.24) is 9.31 Å². The zero-order valence-electron chi connectivity index (χ0n) is 8.47. The first-order chi connectivity index (χ1) is 6.18. The molecule has 0 bridgehead atoms. The Bertz CT molecular complexity index is 209. The quantitative estimate of drug-likeness (QED) is 0.595. The van der Waals surface area contributed by atoms with Gasteiger partial charge in [0.25, 0.3) is 0 Å². The first-order valence-electron chi connectivity index (χ1n) is 4.83. The Morgan fingerprint density at radius 2 is 2.23 bits per heavy atom.